The van der Waals surface area contributed by atoms with Crippen LogP contribution >= 0.6 is 0 Å². The number of rotatable bonds is 5. The molecule has 0 radical (unpaired) electrons. The van der Waals surface area contributed by atoms with E-state index in [0.29, 0.717) is 0 Å². The van der Waals surface area contributed by atoms with E-state index in [-0.39, 0.29) is 12.2 Å². The van der Waals surface area contributed by atoms with Gasteiger partial charge in [0.2, 0.25) is 0 Å². The normalized spacial score (nSPS) is 13.7. The number of aryl methyl sites for hydroxylation is 1. The molecule has 1 unspecified atom stereocenters. The van der Waals surface area contributed by atoms with Crippen LogP contribution < -0.4 is 0 Å². The zero-order valence-corrected chi connectivity index (χ0v) is 10.4. The molecule has 0 fully saturated rings. The van der Waals surface area contributed by atoms with Crippen molar-refractivity contribution in [3.63, 3.8) is 0 Å². The van der Waals surface area contributed by atoms with Crippen LogP contribution in [0, 0.1) is 0 Å². The van der Waals surface area contributed by atoms with Gasteiger partial charge < -0.3 is 5.11 Å². The first-order valence-electron chi connectivity index (χ1n) is 5.22. The van der Waals surface area contributed by atoms with Crippen molar-refractivity contribution in [3.8, 4) is 0 Å². The van der Waals surface area contributed by atoms with Gasteiger partial charge in [-0.2, -0.15) is 0 Å². The van der Waals surface area contributed by atoms with Crippen LogP contribution in [0.2, 0.25) is 0 Å². The first-order chi connectivity index (χ1) is 7.44. The van der Waals surface area contributed by atoms with Crippen LogP contribution in [-0.4, -0.2) is 30.5 Å². The predicted molar refractivity (Wildman–Crippen MR) is 62.9 cm³/mol. The summed E-state index contributed by atoms with van der Waals surface area (Å²) in [7, 11) is -3.02. The molecule has 0 spiro atoms. The van der Waals surface area contributed by atoms with Gasteiger partial charge in [0.25, 0.3) is 0 Å². The average Bonchev–Trinajstić information content (AvgIpc) is 2.25. The first-order valence-corrected chi connectivity index (χ1v) is 7.28. The van der Waals surface area contributed by atoms with Gasteiger partial charge in [0.05, 0.1) is 11.9 Å². The maximum absolute atomic E-state index is 11.0. The number of nitrogens with zero attached hydrogens (tertiary/aromatic N) is 1. The third-order valence-corrected chi connectivity index (χ3v) is 3.42. The van der Waals surface area contributed by atoms with Crippen molar-refractivity contribution in [2.45, 2.75) is 25.9 Å². The summed E-state index contributed by atoms with van der Waals surface area (Å²) in [5.41, 5.74) is 1.74. The fraction of sp³-hybridized carbons (Fsp3) is 0.545. The van der Waals surface area contributed by atoms with E-state index in [4.69, 9.17) is 0 Å². The highest BCUT2D eigenvalue weighted by Crippen LogP contribution is 2.20. The van der Waals surface area contributed by atoms with Crippen molar-refractivity contribution < 1.29 is 13.5 Å². The summed E-state index contributed by atoms with van der Waals surface area (Å²) in [5, 5.41) is 9.90. The van der Waals surface area contributed by atoms with Crippen molar-refractivity contribution in [2.75, 3.05) is 12.0 Å². The van der Waals surface area contributed by atoms with Gasteiger partial charge in [0.15, 0.2) is 0 Å². The molecule has 5 heteroatoms. The summed E-state index contributed by atoms with van der Waals surface area (Å²) in [6.07, 6.45) is 4.77. The van der Waals surface area contributed by atoms with Crippen LogP contribution in [-0.2, 0) is 16.3 Å². The van der Waals surface area contributed by atoms with Crippen LogP contribution in [0.15, 0.2) is 18.5 Å². The summed E-state index contributed by atoms with van der Waals surface area (Å²) in [5.74, 6) is -0.000353. The summed E-state index contributed by atoms with van der Waals surface area (Å²) in [6.45, 7) is 1.98. The fourth-order valence-electron chi connectivity index (χ4n) is 1.54. The van der Waals surface area contributed by atoms with Crippen LogP contribution in [0.5, 0.6) is 0 Å². The smallest absolute Gasteiger partial charge is 0.147 e. The number of aromatic nitrogens is 1. The number of hydrogen-bond acceptors (Lipinski definition) is 4. The van der Waals surface area contributed by atoms with Crippen molar-refractivity contribution in [1.82, 2.24) is 4.98 Å². The van der Waals surface area contributed by atoms with Crippen molar-refractivity contribution in [3.05, 3.63) is 29.6 Å². The van der Waals surface area contributed by atoms with E-state index in [1.165, 1.54) is 6.26 Å². The third-order valence-electron chi connectivity index (χ3n) is 2.44. The quantitative estimate of drug-likeness (QED) is 0.841. The Labute approximate surface area is 96.3 Å². The monoisotopic (exact) mass is 243 g/mol. The molecule has 90 valence electrons. The van der Waals surface area contributed by atoms with Gasteiger partial charge in [0, 0.05) is 18.6 Å². The van der Waals surface area contributed by atoms with Crippen molar-refractivity contribution in [2.24, 2.45) is 0 Å². The van der Waals surface area contributed by atoms with Crippen LogP contribution in [0.1, 0.15) is 30.6 Å². The molecule has 1 aromatic heterocycles. The molecule has 0 amide bonds. The lowest BCUT2D eigenvalue weighted by atomic mass is 10.0. The fourth-order valence-corrected chi connectivity index (χ4v) is 2.19. The topological polar surface area (TPSA) is 67.3 Å². The molecule has 1 rings (SSSR count). The van der Waals surface area contributed by atoms with E-state index in [1.807, 2.05) is 6.92 Å². The summed E-state index contributed by atoms with van der Waals surface area (Å²) in [4.78, 5) is 3.98. The Morgan fingerprint density at radius 3 is 2.75 bits per heavy atom. The minimum atomic E-state index is -3.02. The average molecular weight is 243 g/mol. The first kappa shape index (κ1) is 13.1. The van der Waals surface area contributed by atoms with Crippen molar-refractivity contribution in [1.29, 1.82) is 0 Å². The molecule has 0 bridgehead atoms. The van der Waals surface area contributed by atoms with E-state index >= 15 is 0 Å². The molecule has 0 saturated carbocycles. The highest BCUT2D eigenvalue weighted by Gasteiger charge is 2.14. The second-order valence-electron chi connectivity index (χ2n) is 3.86. The van der Waals surface area contributed by atoms with Crippen LogP contribution in [0.25, 0.3) is 0 Å². The number of aliphatic hydroxyl groups is 1. The van der Waals surface area contributed by atoms with Gasteiger partial charge >= 0.3 is 0 Å². The molecule has 1 atom stereocenters. The van der Waals surface area contributed by atoms with E-state index < -0.39 is 15.9 Å². The molecular formula is C11H17NO3S. The Bertz CT molecular complexity index is 442. The lowest BCUT2D eigenvalue weighted by molar-refractivity contribution is 0.173. The second-order valence-corrected chi connectivity index (χ2v) is 6.12. The van der Waals surface area contributed by atoms with Crippen molar-refractivity contribution >= 4 is 9.84 Å². The zero-order valence-electron chi connectivity index (χ0n) is 9.55. The maximum atomic E-state index is 11.0. The number of sulfone groups is 1. The summed E-state index contributed by atoms with van der Waals surface area (Å²) >= 11 is 0. The van der Waals surface area contributed by atoms with Gasteiger partial charge in [-0.3, -0.25) is 4.98 Å². The van der Waals surface area contributed by atoms with E-state index in [1.54, 1.807) is 18.5 Å². The lowest BCUT2D eigenvalue weighted by Crippen LogP contribution is -2.10. The Morgan fingerprint density at radius 2 is 2.19 bits per heavy atom. The standard InChI is InChI=1S/C11H17NO3S/c1-3-9-8-12-6-4-10(9)11(13)5-7-16(2,14)15/h4,6,8,11,13H,3,5,7H2,1-2H3. The molecular weight excluding hydrogens is 226 g/mol. The second kappa shape index (κ2) is 5.41. The Hall–Kier alpha value is -0.940. The van der Waals surface area contributed by atoms with Crippen LogP contribution in [0.4, 0.5) is 0 Å². The number of pyridine rings is 1. The van der Waals surface area contributed by atoms with E-state index in [9.17, 15) is 13.5 Å². The molecule has 0 aliphatic heterocycles. The minimum absolute atomic E-state index is 0.000353. The molecule has 1 N–H and O–H groups in total. The molecule has 1 aromatic rings. The SMILES string of the molecule is CCc1cnccc1C(O)CCS(C)(=O)=O. The lowest BCUT2D eigenvalue weighted by Gasteiger charge is -2.13. The highest BCUT2D eigenvalue weighted by atomic mass is 32.2. The largest absolute Gasteiger partial charge is 0.388 e. The molecule has 0 aromatic carbocycles. The summed E-state index contributed by atoms with van der Waals surface area (Å²) < 4.78 is 22.0. The summed E-state index contributed by atoms with van der Waals surface area (Å²) in [6, 6.07) is 1.74. The van der Waals surface area contributed by atoms with Gasteiger partial charge in [-0.15, -0.1) is 0 Å². The van der Waals surface area contributed by atoms with Gasteiger partial charge in [0.1, 0.15) is 9.84 Å². The zero-order chi connectivity index (χ0) is 12.2. The maximum Gasteiger partial charge on any atom is 0.147 e. The van der Waals surface area contributed by atoms with Crippen LogP contribution in [0.3, 0.4) is 0 Å². The van der Waals surface area contributed by atoms with Gasteiger partial charge in [-0.05, 0) is 30.0 Å². The number of hydrogen-bond donors (Lipinski definition) is 1. The molecule has 0 aliphatic carbocycles. The number of aliphatic hydroxyl groups excluding tert-OH is 1. The Balaban J connectivity index is 2.76. The molecule has 0 aliphatic rings. The Kier molecular flexibility index (Phi) is 4.44. The molecule has 16 heavy (non-hydrogen) atoms. The molecule has 1 heterocycles. The highest BCUT2D eigenvalue weighted by molar-refractivity contribution is 7.90. The molecule has 4 nitrogen and oxygen atoms in total. The third kappa shape index (κ3) is 3.90. The Morgan fingerprint density at radius 1 is 1.50 bits per heavy atom. The predicted octanol–water partition coefficient (Wildman–Crippen LogP) is 1.11. The van der Waals surface area contributed by atoms with Gasteiger partial charge in [-0.25, -0.2) is 8.42 Å². The minimum Gasteiger partial charge on any atom is -0.388 e. The molecule has 0 saturated heterocycles. The van der Waals surface area contributed by atoms with E-state index in [0.717, 1.165) is 17.5 Å². The van der Waals surface area contributed by atoms with E-state index in [2.05, 4.69) is 4.98 Å². The van der Waals surface area contributed by atoms with Gasteiger partial charge in [-0.1, -0.05) is 6.92 Å².